The second kappa shape index (κ2) is 7.05. The maximum atomic E-state index is 13.3. The van der Waals surface area contributed by atoms with Gasteiger partial charge in [-0.3, -0.25) is 4.79 Å². The molecule has 1 amide bonds. The predicted octanol–water partition coefficient (Wildman–Crippen LogP) is 4.04. The van der Waals surface area contributed by atoms with Gasteiger partial charge in [-0.15, -0.1) is 0 Å². The Bertz CT molecular complexity index is 1180. The van der Waals surface area contributed by atoms with Crippen LogP contribution in [0.3, 0.4) is 0 Å². The van der Waals surface area contributed by atoms with Gasteiger partial charge in [-0.05, 0) is 50.1 Å². The summed E-state index contributed by atoms with van der Waals surface area (Å²) in [6.07, 6.45) is 5.56. The molecule has 5 rings (SSSR count). The standard InChI is InChI=1S/C21H19N5O3/c1-13-18-14(12-16(17-7-5-11-28-17)24-21(18)29-25-13)20(27)23-15-6-4-8-22-19(15)26-9-2-3-10-26/h4-8,11-12H,2-3,9-10H2,1H3,(H,23,27). The predicted molar refractivity (Wildman–Crippen MR) is 108 cm³/mol. The number of carbonyl (C=O) groups is 1. The van der Waals surface area contributed by atoms with Crippen LogP contribution in [0.5, 0.6) is 0 Å². The summed E-state index contributed by atoms with van der Waals surface area (Å²) in [5.74, 6) is 1.07. The lowest BCUT2D eigenvalue weighted by atomic mass is 10.1. The lowest BCUT2D eigenvalue weighted by molar-refractivity contribution is 0.102. The summed E-state index contributed by atoms with van der Waals surface area (Å²) in [5, 5.41) is 7.58. The van der Waals surface area contributed by atoms with Crippen molar-refractivity contribution in [2.24, 2.45) is 0 Å². The van der Waals surface area contributed by atoms with Crippen LogP contribution in [0.25, 0.3) is 22.6 Å². The number of furan rings is 1. The number of amides is 1. The van der Waals surface area contributed by atoms with E-state index in [-0.39, 0.29) is 5.91 Å². The van der Waals surface area contributed by atoms with E-state index in [0.29, 0.717) is 39.5 Å². The first kappa shape index (κ1) is 17.4. The molecule has 29 heavy (non-hydrogen) atoms. The van der Waals surface area contributed by atoms with Gasteiger partial charge in [0.05, 0.1) is 28.6 Å². The highest BCUT2D eigenvalue weighted by Crippen LogP contribution is 2.30. The van der Waals surface area contributed by atoms with Gasteiger partial charge in [0.15, 0.2) is 11.6 Å². The maximum Gasteiger partial charge on any atom is 0.259 e. The van der Waals surface area contributed by atoms with E-state index in [0.717, 1.165) is 31.7 Å². The molecule has 0 aliphatic carbocycles. The van der Waals surface area contributed by atoms with Gasteiger partial charge in [-0.25, -0.2) is 9.97 Å². The molecule has 4 aromatic heterocycles. The third kappa shape index (κ3) is 3.12. The molecule has 8 nitrogen and oxygen atoms in total. The van der Waals surface area contributed by atoms with Crippen molar-refractivity contribution >= 4 is 28.5 Å². The zero-order chi connectivity index (χ0) is 19.8. The lowest BCUT2D eigenvalue weighted by Crippen LogP contribution is -2.22. The summed E-state index contributed by atoms with van der Waals surface area (Å²) in [5.41, 5.74) is 2.52. The average molecular weight is 389 g/mol. The molecule has 146 valence electrons. The molecule has 1 fully saturated rings. The molecule has 0 aromatic carbocycles. The Morgan fingerprint density at radius 2 is 2.07 bits per heavy atom. The smallest absolute Gasteiger partial charge is 0.259 e. The normalized spacial score (nSPS) is 13.9. The summed E-state index contributed by atoms with van der Waals surface area (Å²) < 4.78 is 10.8. The SMILES string of the molecule is Cc1noc2nc(-c3ccco3)cc(C(=O)Nc3cccnc3N3CCCC3)c12. The third-order valence-corrected chi connectivity index (χ3v) is 5.08. The van der Waals surface area contributed by atoms with Gasteiger partial charge in [0.25, 0.3) is 11.6 Å². The van der Waals surface area contributed by atoms with E-state index in [9.17, 15) is 4.79 Å². The number of hydrogen-bond donors (Lipinski definition) is 1. The van der Waals surface area contributed by atoms with Gasteiger partial charge < -0.3 is 19.2 Å². The Morgan fingerprint density at radius 3 is 2.86 bits per heavy atom. The van der Waals surface area contributed by atoms with Gasteiger partial charge in [-0.2, -0.15) is 0 Å². The van der Waals surface area contributed by atoms with Gasteiger partial charge in [0.2, 0.25) is 0 Å². The number of nitrogens with zero attached hydrogens (tertiary/aromatic N) is 4. The second-order valence-corrected chi connectivity index (χ2v) is 7.00. The summed E-state index contributed by atoms with van der Waals surface area (Å²) in [7, 11) is 0. The molecule has 0 saturated carbocycles. The number of pyridine rings is 2. The van der Waals surface area contributed by atoms with Crippen molar-refractivity contribution < 1.29 is 13.7 Å². The number of aryl methyl sites for hydroxylation is 1. The van der Waals surface area contributed by atoms with Crippen LogP contribution in [0.2, 0.25) is 0 Å². The quantitative estimate of drug-likeness (QED) is 0.562. The Balaban J connectivity index is 1.56. The minimum absolute atomic E-state index is 0.273. The molecule has 0 bridgehead atoms. The molecule has 0 spiro atoms. The van der Waals surface area contributed by atoms with Crippen LogP contribution in [0, 0.1) is 6.92 Å². The van der Waals surface area contributed by atoms with Crippen LogP contribution in [0.4, 0.5) is 11.5 Å². The molecule has 0 radical (unpaired) electrons. The molecule has 1 aliphatic heterocycles. The zero-order valence-electron chi connectivity index (χ0n) is 15.9. The Morgan fingerprint density at radius 1 is 1.21 bits per heavy atom. The molecule has 0 unspecified atom stereocenters. The van der Waals surface area contributed by atoms with E-state index in [1.54, 1.807) is 37.6 Å². The van der Waals surface area contributed by atoms with Crippen molar-refractivity contribution in [3.63, 3.8) is 0 Å². The number of anilines is 2. The topological polar surface area (TPSA) is 97.3 Å². The van der Waals surface area contributed by atoms with E-state index < -0.39 is 0 Å². The largest absolute Gasteiger partial charge is 0.463 e. The first-order valence-corrected chi connectivity index (χ1v) is 9.53. The molecule has 5 heterocycles. The van der Waals surface area contributed by atoms with Gasteiger partial charge in [0, 0.05) is 19.3 Å². The van der Waals surface area contributed by atoms with Crippen LogP contribution >= 0.6 is 0 Å². The van der Waals surface area contributed by atoms with E-state index in [1.807, 2.05) is 12.1 Å². The lowest BCUT2D eigenvalue weighted by Gasteiger charge is -2.20. The van der Waals surface area contributed by atoms with E-state index in [2.05, 4.69) is 25.3 Å². The Hall–Kier alpha value is -3.68. The van der Waals surface area contributed by atoms with Crippen LogP contribution in [0.15, 0.2) is 51.7 Å². The zero-order valence-corrected chi connectivity index (χ0v) is 15.9. The number of carbonyl (C=O) groups excluding carboxylic acids is 1. The highest BCUT2D eigenvalue weighted by atomic mass is 16.5. The second-order valence-electron chi connectivity index (χ2n) is 7.00. The number of aromatic nitrogens is 3. The van der Waals surface area contributed by atoms with Crippen LogP contribution in [0.1, 0.15) is 28.9 Å². The number of nitrogens with one attached hydrogen (secondary N) is 1. The minimum Gasteiger partial charge on any atom is -0.463 e. The molecule has 0 atom stereocenters. The molecular weight excluding hydrogens is 370 g/mol. The fourth-order valence-corrected chi connectivity index (χ4v) is 3.69. The van der Waals surface area contributed by atoms with Crippen molar-refractivity contribution in [3.8, 4) is 11.5 Å². The molecule has 1 saturated heterocycles. The average Bonchev–Trinajstić information content (AvgIpc) is 3.50. The molecule has 8 heteroatoms. The van der Waals surface area contributed by atoms with E-state index >= 15 is 0 Å². The molecular formula is C21H19N5O3. The Kier molecular flexibility index (Phi) is 4.23. The van der Waals surface area contributed by atoms with E-state index in [1.165, 1.54) is 0 Å². The third-order valence-electron chi connectivity index (χ3n) is 5.08. The fourth-order valence-electron chi connectivity index (χ4n) is 3.69. The number of rotatable bonds is 4. The maximum absolute atomic E-state index is 13.3. The van der Waals surface area contributed by atoms with Crippen molar-refractivity contribution in [1.82, 2.24) is 15.1 Å². The van der Waals surface area contributed by atoms with Gasteiger partial charge >= 0.3 is 0 Å². The van der Waals surface area contributed by atoms with Crippen molar-refractivity contribution in [2.45, 2.75) is 19.8 Å². The monoisotopic (exact) mass is 389 g/mol. The number of fused-ring (bicyclic) bond motifs is 1. The van der Waals surface area contributed by atoms with Crippen molar-refractivity contribution in [3.05, 3.63) is 54.0 Å². The van der Waals surface area contributed by atoms with Crippen molar-refractivity contribution in [2.75, 3.05) is 23.3 Å². The first-order valence-electron chi connectivity index (χ1n) is 9.53. The first-order chi connectivity index (χ1) is 14.2. The molecule has 4 aromatic rings. The Labute approximate surface area is 166 Å². The van der Waals surface area contributed by atoms with Crippen molar-refractivity contribution in [1.29, 1.82) is 0 Å². The van der Waals surface area contributed by atoms with Gasteiger partial charge in [-0.1, -0.05) is 5.16 Å². The van der Waals surface area contributed by atoms with Crippen LogP contribution < -0.4 is 10.2 Å². The summed E-state index contributed by atoms with van der Waals surface area (Å²) in [6, 6.07) is 8.93. The summed E-state index contributed by atoms with van der Waals surface area (Å²) in [4.78, 5) is 24.4. The summed E-state index contributed by atoms with van der Waals surface area (Å²) >= 11 is 0. The number of hydrogen-bond acceptors (Lipinski definition) is 7. The van der Waals surface area contributed by atoms with E-state index in [4.69, 9.17) is 8.94 Å². The van der Waals surface area contributed by atoms with Crippen LogP contribution in [-0.2, 0) is 0 Å². The minimum atomic E-state index is -0.273. The fraction of sp³-hybridized carbons (Fsp3) is 0.238. The summed E-state index contributed by atoms with van der Waals surface area (Å²) in [6.45, 7) is 3.66. The highest BCUT2D eigenvalue weighted by molar-refractivity contribution is 6.13. The highest BCUT2D eigenvalue weighted by Gasteiger charge is 2.23. The van der Waals surface area contributed by atoms with Crippen LogP contribution in [-0.4, -0.2) is 34.1 Å². The molecule has 1 aliphatic rings. The molecule has 1 N–H and O–H groups in total. The van der Waals surface area contributed by atoms with Gasteiger partial charge in [0.1, 0.15) is 5.69 Å².